The highest BCUT2D eigenvalue weighted by molar-refractivity contribution is 9.10. The Kier molecular flexibility index (Phi) is 3.77. The molecule has 0 bridgehead atoms. The van der Waals surface area contributed by atoms with E-state index in [1.165, 1.54) is 5.56 Å². The van der Waals surface area contributed by atoms with Gasteiger partial charge in [-0.2, -0.15) is 0 Å². The van der Waals surface area contributed by atoms with Crippen LogP contribution in [0.2, 0.25) is 0 Å². The topological polar surface area (TPSA) is 64.1 Å². The summed E-state index contributed by atoms with van der Waals surface area (Å²) in [5.41, 5.74) is 15.4. The van der Waals surface area contributed by atoms with Crippen LogP contribution in [0.4, 0.5) is 11.4 Å². The van der Waals surface area contributed by atoms with E-state index < -0.39 is 0 Å². The molecule has 0 atom stereocenters. The minimum atomic E-state index is 0.638. The normalized spacial score (nSPS) is 10.5. The van der Waals surface area contributed by atoms with Gasteiger partial charge in [-0.1, -0.05) is 22.9 Å². The van der Waals surface area contributed by atoms with E-state index in [9.17, 15) is 0 Å². The Bertz CT molecular complexity index is 337. The molecule has 0 saturated carbocycles. The average Bonchev–Trinajstić information content (AvgIpc) is 2.14. The summed E-state index contributed by atoms with van der Waals surface area (Å²) in [7, 11) is 1.90. The molecule has 0 amide bonds. The minimum Gasteiger partial charge on any atom is -0.397 e. The van der Waals surface area contributed by atoms with Gasteiger partial charge in [0.15, 0.2) is 0 Å². The highest BCUT2D eigenvalue weighted by atomic mass is 79.9. The lowest BCUT2D eigenvalue weighted by Gasteiger charge is -2.14. The number of nitrogen functional groups attached to an aromatic ring is 2. The van der Waals surface area contributed by atoms with E-state index in [1.54, 1.807) is 0 Å². The number of anilines is 2. The summed E-state index contributed by atoms with van der Waals surface area (Å²) in [6.07, 6.45) is 0.947. The first-order chi connectivity index (χ1) is 6.61. The first-order valence-corrected chi connectivity index (χ1v) is 5.40. The standard InChI is InChI=1S/C10H16BrN3/c1-3-6-7(5-14-2)10(13)9(12)4-8(6)11/h4,14H,3,5,12-13H2,1-2H3. The summed E-state index contributed by atoms with van der Waals surface area (Å²) in [4.78, 5) is 0. The largest absolute Gasteiger partial charge is 0.397 e. The lowest BCUT2D eigenvalue weighted by molar-refractivity contribution is 0.807. The van der Waals surface area contributed by atoms with Crippen LogP contribution in [0.1, 0.15) is 18.1 Å². The fraction of sp³-hybridized carbons (Fsp3) is 0.400. The number of rotatable bonds is 3. The molecule has 0 aliphatic carbocycles. The smallest absolute Gasteiger partial charge is 0.0596 e. The van der Waals surface area contributed by atoms with E-state index in [0.717, 1.165) is 23.0 Å². The monoisotopic (exact) mass is 257 g/mol. The summed E-state index contributed by atoms with van der Waals surface area (Å²) in [6.45, 7) is 2.85. The van der Waals surface area contributed by atoms with Crippen LogP contribution in [0.3, 0.4) is 0 Å². The van der Waals surface area contributed by atoms with Gasteiger partial charge in [-0.3, -0.25) is 0 Å². The van der Waals surface area contributed by atoms with Crippen molar-refractivity contribution in [2.75, 3.05) is 18.5 Å². The van der Waals surface area contributed by atoms with Crippen LogP contribution in [0.15, 0.2) is 10.5 Å². The minimum absolute atomic E-state index is 0.638. The molecule has 0 heterocycles. The molecule has 0 aliphatic rings. The van der Waals surface area contributed by atoms with Gasteiger partial charge in [0.1, 0.15) is 0 Å². The molecule has 14 heavy (non-hydrogen) atoms. The van der Waals surface area contributed by atoms with Gasteiger partial charge in [-0.15, -0.1) is 0 Å². The van der Waals surface area contributed by atoms with Crippen LogP contribution in [0, 0.1) is 0 Å². The van der Waals surface area contributed by atoms with Gasteiger partial charge in [0, 0.05) is 11.0 Å². The number of nitrogens with two attached hydrogens (primary N) is 2. The van der Waals surface area contributed by atoms with Gasteiger partial charge >= 0.3 is 0 Å². The first-order valence-electron chi connectivity index (χ1n) is 4.61. The molecule has 1 aromatic carbocycles. The van der Waals surface area contributed by atoms with Crippen molar-refractivity contribution in [3.8, 4) is 0 Å². The molecule has 0 fully saturated rings. The molecule has 0 spiro atoms. The maximum Gasteiger partial charge on any atom is 0.0596 e. The van der Waals surface area contributed by atoms with Crippen molar-refractivity contribution in [3.63, 3.8) is 0 Å². The summed E-state index contributed by atoms with van der Waals surface area (Å²) < 4.78 is 1.04. The molecule has 0 saturated heterocycles. The molecule has 4 heteroatoms. The van der Waals surface area contributed by atoms with Gasteiger partial charge < -0.3 is 16.8 Å². The van der Waals surface area contributed by atoms with Crippen LogP contribution in [-0.2, 0) is 13.0 Å². The van der Waals surface area contributed by atoms with Crippen LogP contribution < -0.4 is 16.8 Å². The Balaban J connectivity index is 3.32. The lowest BCUT2D eigenvalue weighted by Crippen LogP contribution is -2.12. The maximum atomic E-state index is 5.93. The summed E-state index contributed by atoms with van der Waals surface area (Å²) >= 11 is 3.50. The molecular weight excluding hydrogens is 242 g/mol. The number of benzene rings is 1. The van der Waals surface area contributed by atoms with Gasteiger partial charge in [0.25, 0.3) is 0 Å². The SMILES string of the molecule is CCc1c(Br)cc(N)c(N)c1CNC. The molecule has 0 aromatic heterocycles. The number of hydrogen-bond donors (Lipinski definition) is 3. The second-order valence-corrected chi connectivity index (χ2v) is 4.06. The van der Waals surface area contributed by atoms with E-state index in [1.807, 2.05) is 13.1 Å². The fourth-order valence-electron chi connectivity index (χ4n) is 1.54. The highest BCUT2D eigenvalue weighted by Crippen LogP contribution is 2.31. The van der Waals surface area contributed by atoms with Crippen molar-refractivity contribution >= 4 is 27.3 Å². The van der Waals surface area contributed by atoms with Crippen molar-refractivity contribution < 1.29 is 0 Å². The zero-order valence-corrected chi connectivity index (χ0v) is 10.1. The summed E-state index contributed by atoms with van der Waals surface area (Å²) in [6, 6.07) is 1.87. The van der Waals surface area contributed by atoms with Gasteiger partial charge in [-0.25, -0.2) is 0 Å². The molecule has 0 unspecified atom stereocenters. The first kappa shape index (κ1) is 11.3. The van der Waals surface area contributed by atoms with Crippen LogP contribution >= 0.6 is 15.9 Å². The van der Waals surface area contributed by atoms with Crippen molar-refractivity contribution in [1.29, 1.82) is 0 Å². The molecule has 3 nitrogen and oxygen atoms in total. The van der Waals surface area contributed by atoms with E-state index >= 15 is 0 Å². The van der Waals surface area contributed by atoms with Gasteiger partial charge in [-0.05, 0) is 30.7 Å². The highest BCUT2D eigenvalue weighted by Gasteiger charge is 2.11. The van der Waals surface area contributed by atoms with E-state index in [2.05, 4.69) is 28.2 Å². The molecule has 0 aliphatic heterocycles. The van der Waals surface area contributed by atoms with Crippen LogP contribution in [0.25, 0.3) is 0 Å². The average molecular weight is 258 g/mol. The van der Waals surface area contributed by atoms with E-state index in [-0.39, 0.29) is 0 Å². The van der Waals surface area contributed by atoms with Crippen molar-refractivity contribution in [2.45, 2.75) is 19.9 Å². The lowest BCUT2D eigenvalue weighted by atomic mass is 10.0. The molecular formula is C10H16BrN3. The Morgan fingerprint density at radius 1 is 1.36 bits per heavy atom. The summed E-state index contributed by atoms with van der Waals surface area (Å²) in [5, 5.41) is 3.10. The van der Waals surface area contributed by atoms with Gasteiger partial charge in [0.05, 0.1) is 11.4 Å². The van der Waals surface area contributed by atoms with Crippen LogP contribution in [0.5, 0.6) is 0 Å². The number of hydrogen-bond acceptors (Lipinski definition) is 3. The predicted octanol–water partition coefficient (Wildman–Crippen LogP) is 1.90. The molecule has 5 N–H and O–H groups in total. The van der Waals surface area contributed by atoms with Crippen molar-refractivity contribution in [3.05, 3.63) is 21.7 Å². The predicted molar refractivity (Wildman–Crippen MR) is 65.1 cm³/mol. The molecule has 78 valence electrons. The Morgan fingerprint density at radius 3 is 2.50 bits per heavy atom. The maximum absolute atomic E-state index is 5.93. The third-order valence-electron chi connectivity index (χ3n) is 2.28. The van der Waals surface area contributed by atoms with Gasteiger partial charge in [0.2, 0.25) is 0 Å². The number of nitrogens with one attached hydrogen (secondary N) is 1. The number of halogens is 1. The third kappa shape index (κ3) is 2.01. The molecule has 0 radical (unpaired) electrons. The second-order valence-electron chi connectivity index (χ2n) is 3.20. The third-order valence-corrected chi connectivity index (χ3v) is 2.99. The zero-order chi connectivity index (χ0) is 10.7. The molecule has 1 rings (SSSR count). The quantitative estimate of drug-likeness (QED) is 0.725. The van der Waals surface area contributed by atoms with Crippen LogP contribution in [-0.4, -0.2) is 7.05 Å². The zero-order valence-electron chi connectivity index (χ0n) is 8.52. The van der Waals surface area contributed by atoms with Crippen molar-refractivity contribution in [1.82, 2.24) is 5.32 Å². The Hall–Kier alpha value is -0.740. The van der Waals surface area contributed by atoms with E-state index in [4.69, 9.17) is 11.5 Å². The summed E-state index contributed by atoms with van der Waals surface area (Å²) in [5.74, 6) is 0. The second kappa shape index (κ2) is 4.66. The Morgan fingerprint density at radius 2 is 2.00 bits per heavy atom. The molecule has 1 aromatic rings. The van der Waals surface area contributed by atoms with Crippen molar-refractivity contribution in [2.24, 2.45) is 0 Å². The Labute approximate surface area is 93.0 Å². The fourth-order valence-corrected chi connectivity index (χ4v) is 2.31. The van der Waals surface area contributed by atoms with E-state index in [0.29, 0.717) is 11.4 Å².